The van der Waals surface area contributed by atoms with E-state index in [9.17, 15) is 5.11 Å². The Labute approximate surface area is 91.9 Å². The molecule has 1 aromatic rings. The normalized spacial score (nSPS) is 12.2. The van der Waals surface area contributed by atoms with Gasteiger partial charge in [0.1, 0.15) is 5.76 Å². The zero-order valence-corrected chi connectivity index (χ0v) is 9.70. The largest absolute Gasteiger partial charge is 0.506 e. The zero-order chi connectivity index (χ0) is 11.3. The molecule has 0 atom stereocenters. The third-order valence-corrected chi connectivity index (χ3v) is 2.63. The molecular formula is C13H19NO. The van der Waals surface area contributed by atoms with E-state index in [-0.39, 0.29) is 0 Å². The van der Waals surface area contributed by atoms with Gasteiger partial charge in [0, 0.05) is 18.7 Å². The Morgan fingerprint density at radius 1 is 1.13 bits per heavy atom. The molecule has 15 heavy (non-hydrogen) atoms. The molecule has 0 saturated carbocycles. The fraction of sp³-hybridized carbons (Fsp3) is 0.385. The summed E-state index contributed by atoms with van der Waals surface area (Å²) in [6, 6.07) is 9.65. The summed E-state index contributed by atoms with van der Waals surface area (Å²) in [5.74, 6) is 0.374. The van der Waals surface area contributed by atoms with E-state index in [0.717, 1.165) is 24.4 Å². The number of benzene rings is 1. The summed E-state index contributed by atoms with van der Waals surface area (Å²) in [7, 11) is 0. The van der Waals surface area contributed by atoms with Crippen LogP contribution in [0.5, 0.6) is 0 Å². The third-order valence-electron chi connectivity index (χ3n) is 2.63. The van der Waals surface area contributed by atoms with Crippen molar-refractivity contribution in [3.8, 4) is 0 Å². The van der Waals surface area contributed by atoms with E-state index in [0.29, 0.717) is 5.76 Å². The van der Waals surface area contributed by atoms with Crippen molar-refractivity contribution in [1.29, 1.82) is 0 Å². The molecule has 0 aliphatic rings. The Bertz CT molecular complexity index is 326. The van der Waals surface area contributed by atoms with Gasteiger partial charge in [-0.25, -0.2) is 0 Å². The van der Waals surface area contributed by atoms with Crippen LogP contribution in [0.4, 0.5) is 0 Å². The first-order valence-electron chi connectivity index (χ1n) is 5.40. The monoisotopic (exact) mass is 205 g/mol. The smallest absolute Gasteiger partial charge is 0.141 e. The Hall–Kier alpha value is -1.44. The molecule has 0 unspecified atom stereocenters. The van der Waals surface area contributed by atoms with Crippen LogP contribution < -0.4 is 0 Å². The van der Waals surface area contributed by atoms with Gasteiger partial charge < -0.3 is 10.0 Å². The van der Waals surface area contributed by atoms with Gasteiger partial charge in [0.2, 0.25) is 0 Å². The maximum absolute atomic E-state index is 10.1. The first-order valence-corrected chi connectivity index (χ1v) is 5.40. The van der Waals surface area contributed by atoms with Crippen molar-refractivity contribution in [3.63, 3.8) is 0 Å². The van der Waals surface area contributed by atoms with Crippen molar-refractivity contribution in [3.05, 3.63) is 41.6 Å². The van der Waals surface area contributed by atoms with Gasteiger partial charge in [-0.15, -0.1) is 0 Å². The minimum absolute atomic E-state index is 0.374. The van der Waals surface area contributed by atoms with Crippen molar-refractivity contribution in [1.82, 2.24) is 4.90 Å². The van der Waals surface area contributed by atoms with E-state index in [2.05, 4.69) is 18.7 Å². The molecular weight excluding hydrogens is 186 g/mol. The van der Waals surface area contributed by atoms with Gasteiger partial charge in [0.15, 0.2) is 0 Å². The Morgan fingerprint density at radius 3 is 2.13 bits per heavy atom. The summed E-state index contributed by atoms with van der Waals surface area (Å²) in [6.45, 7) is 7.96. The van der Waals surface area contributed by atoms with Gasteiger partial charge in [-0.1, -0.05) is 30.3 Å². The second kappa shape index (κ2) is 5.44. The minimum atomic E-state index is 0.374. The van der Waals surface area contributed by atoms with E-state index >= 15 is 0 Å². The lowest BCUT2D eigenvalue weighted by molar-refractivity contribution is 0.366. The van der Waals surface area contributed by atoms with Crippen LogP contribution in [0.15, 0.2) is 36.0 Å². The molecule has 0 radical (unpaired) electrons. The number of rotatable bonds is 4. The lowest BCUT2D eigenvalue weighted by atomic mass is 10.1. The average Bonchev–Trinajstić information content (AvgIpc) is 2.30. The Balaban J connectivity index is 2.99. The molecule has 0 spiro atoms. The maximum Gasteiger partial charge on any atom is 0.141 e. The molecule has 82 valence electrons. The fourth-order valence-corrected chi connectivity index (χ4v) is 1.65. The van der Waals surface area contributed by atoms with Gasteiger partial charge >= 0.3 is 0 Å². The standard InChI is InChI=1S/C13H19NO/c1-4-14(5-2)11(3)13(15)12-9-7-6-8-10-12/h6-10,15H,4-5H2,1-3H3. The molecule has 0 aromatic heterocycles. The first-order chi connectivity index (χ1) is 7.20. The molecule has 0 fully saturated rings. The van der Waals surface area contributed by atoms with E-state index < -0.39 is 0 Å². The number of nitrogens with zero attached hydrogens (tertiary/aromatic N) is 1. The number of allylic oxidation sites excluding steroid dienone is 1. The van der Waals surface area contributed by atoms with Crippen LogP contribution in [-0.2, 0) is 0 Å². The topological polar surface area (TPSA) is 23.5 Å². The molecule has 0 heterocycles. The van der Waals surface area contributed by atoms with Gasteiger partial charge in [-0.05, 0) is 20.8 Å². The maximum atomic E-state index is 10.1. The molecule has 0 bridgehead atoms. The van der Waals surface area contributed by atoms with Crippen molar-refractivity contribution >= 4 is 5.76 Å². The van der Waals surface area contributed by atoms with Crippen LogP contribution >= 0.6 is 0 Å². The average molecular weight is 205 g/mol. The molecule has 1 aromatic carbocycles. The van der Waals surface area contributed by atoms with E-state index in [1.807, 2.05) is 37.3 Å². The highest BCUT2D eigenvalue weighted by atomic mass is 16.3. The van der Waals surface area contributed by atoms with Gasteiger partial charge in [0.25, 0.3) is 0 Å². The second-order valence-electron chi connectivity index (χ2n) is 3.47. The van der Waals surface area contributed by atoms with Gasteiger partial charge in [-0.3, -0.25) is 0 Å². The SMILES string of the molecule is CCN(CC)C(C)=C(O)c1ccccc1. The van der Waals surface area contributed by atoms with Crippen LogP contribution in [0.3, 0.4) is 0 Å². The first kappa shape index (κ1) is 11.6. The van der Waals surface area contributed by atoms with Crippen LogP contribution in [0.1, 0.15) is 26.3 Å². The molecule has 1 N–H and O–H groups in total. The molecule has 2 nitrogen and oxygen atoms in total. The summed E-state index contributed by atoms with van der Waals surface area (Å²) in [5, 5.41) is 10.1. The molecule has 0 saturated heterocycles. The highest BCUT2D eigenvalue weighted by molar-refractivity contribution is 5.60. The Kier molecular flexibility index (Phi) is 4.22. The quantitative estimate of drug-likeness (QED) is 0.762. The predicted octanol–water partition coefficient (Wildman–Crippen LogP) is 3.27. The number of aliphatic hydroxyl groups is 1. The lowest BCUT2D eigenvalue weighted by Gasteiger charge is -2.22. The summed E-state index contributed by atoms with van der Waals surface area (Å²) < 4.78 is 0. The highest BCUT2D eigenvalue weighted by Crippen LogP contribution is 2.17. The van der Waals surface area contributed by atoms with Crippen LogP contribution in [0.25, 0.3) is 5.76 Å². The highest BCUT2D eigenvalue weighted by Gasteiger charge is 2.07. The van der Waals surface area contributed by atoms with Gasteiger partial charge in [-0.2, -0.15) is 0 Å². The van der Waals surface area contributed by atoms with Gasteiger partial charge in [0.05, 0.1) is 5.70 Å². The summed E-state index contributed by atoms with van der Waals surface area (Å²) in [4.78, 5) is 2.14. The van der Waals surface area contributed by atoms with Crippen molar-refractivity contribution in [2.75, 3.05) is 13.1 Å². The predicted molar refractivity (Wildman–Crippen MR) is 64.6 cm³/mol. The van der Waals surface area contributed by atoms with Crippen molar-refractivity contribution in [2.45, 2.75) is 20.8 Å². The minimum Gasteiger partial charge on any atom is -0.506 e. The van der Waals surface area contributed by atoms with Crippen molar-refractivity contribution in [2.24, 2.45) is 0 Å². The van der Waals surface area contributed by atoms with E-state index in [4.69, 9.17) is 0 Å². The molecule has 1 rings (SSSR count). The number of hydrogen-bond donors (Lipinski definition) is 1. The van der Waals surface area contributed by atoms with Crippen LogP contribution in [0.2, 0.25) is 0 Å². The molecule has 0 aliphatic carbocycles. The van der Waals surface area contributed by atoms with E-state index in [1.165, 1.54) is 0 Å². The van der Waals surface area contributed by atoms with Crippen molar-refractivity contribution < 1.29 is 5.11 Å². The summed E-state index contributed by atoms with van der Waals surface area (Å²) in [5.41, 5.74) is 1.81. The van der Waals surface area contributed by atoms with Crippen LogP contribution in [0, 0.1) is 0 Å². The third kappa shape index (κ3) is 2.75. The molecule has 0 aliphatic heterocycles. The fourth-order valence-electron chi connectivity index (χ4n) is 1.65. The zero-order valence-electron chi connectivity index (χ0n) is 9.70. The second-order valence-corrected chi connectivity index (χ2v) is 3.47. The van der Waals surface area contributed by atoms with Crippen LogP contribution in [-0.4, -0.2) is 23.1 Å². The van der Waals surface area contributed by atoms with E-state index in [1.54, 1.807) is 0 Å². The number of hydrogen-bond acceptors (Lipinski definition) is 2. The molecule has 2 heteroatoms. The number of aliphatic hydroxyl groups excluding tert-OH is 1. The Morgan fingerprint density at radius 2 is 1.67 bits per heavy atom. The summed E-state index contributed by atoms with van der Waals surface area (Å²) >= 11 is 0. The lowest BCUT2D eigenvalue weighted by Crippen LogP contribution is -2.21. The molecule has 0 amide bonds. The summed E-state index contributed by atoms with van der Waals surface area (Å²) in [6.07, 6.45) is 0.